The second-order valence-corrected chi connectivity index (χ2v) is 7.29. The number of nitrogens with zero attached hydrogens (tertiary/aromatic N) is 3. The number of pyridine rings is 2. The lowest BCUT2D eigenvalue weighted by Crippen LogP contribution is -2.39. The molecule has 1 saturated heterocycles. The van der Waals surface area contributed by atoms with Gasteiger partial charge < -0.3 is 15.3 Å². The van der Waals surface area contributed by atoms with Gasteiger partial charge in [-0.15, -0.1) is 0 Å². The highest BCUT2D eigenvalue weighted by Gasteiger charge is 2.19. The van der Waals surface area contributed by atoms with Crippen LogP contribution in [0.3, 0.4) is 0 Å². The number of nitrogens with one attached hydrogen (secondary N) is 1. The minimum atomic E-state index is -0.963. The molecule has 1 aromatic carbocycles. The molecule has 0 radical (unpaired) electrons. The number of benzene rings is 1. The molecule has 0 saturated carbocycles. The first-order chi connectivity index (χ1) is 15.1. The van der Waals surface area contributed by atoms with Crippen molar-refractivity contribution >= 4 is 23.8 Å². The lowest BCUT2D eigenvalue weighted by Gasteiger charge is -2.28. The molecule has 0 aliphatic carbocycles. The third-order valence-corrected chi connectivity index (χ3v) is 5.18. The topological polar surface area (TPSA) is 95.4 Å². The Labute approximate surface area is 180 Å². The Balaban J connectivity index is 1.33. The van der Waals surface area contributed by atoms with Crippen molar-refractivity contribution in [1.29, 1.82) is 0 Å². The Bertz CT molecular complexity index is 1080. The fourth-order valence-corrected chi connectivity index (χ4v) is 3.44. The quantitative estimate of drug-likeness (QED) is 0.653. The van der Waals surface area contributed by atoms with Crippen molar-refractivity contribution in [3.05, 3.63) is 83.8 Å². The number of anilines is 1. The van der Waals surface area contributed by atoms with Crippen LogP contribution in [0, 0.1) is 0 Å². The molecule has 31 heavy (non-hydrogen) atoms. The summed E-state index contributed by atoms with van der Waals surface area (Å²) in [5.41, 5.74) is 4.60. The van der Waals surface area contributed by atoms with Crippen molar-refractivity contribution in [3.63, 3.8) is 0 Å². The molecule has 7 heteroatoms. The van der Waals surface area contributed by atoms with Crippen LogP contribution in [0.1, 0.15) is 28.9 Å². The maximum Gasteiger partial charge on any atom is 0.335 e. The number of carbonyl (C=O) groups excluding carboxylic acids is 1. The van der Waals surface area contributed by atoms with Crippen LogP contribution in [0.25, 0.3) is 17.3 Å². The van der Waals surface area contributed by atoms with E-state index < -0.39 is 5.97 Å². The number of carboxylic acid groups (broad SMARTS) is 1. The molecule has 3 aromatic rings. The van der Waals surface area contributed by atoms with Crippen LogP contribution in [-0.2, 0) is 0 Å². The molecule has 4 rings (SSSR count). The number of rotatable bonds is 4. The molecule has 1 aliphatic heterocycles. The van der Waals surface area contributed by atoms with E-state index in [1.807, 2.05) is 18.2 Å². The summed E-state index contributed by atoms with van der Waals surface area (Å²) in [4.78, 5) is 34.1. The van der Waals surface area contributed by atoms with Crippen LogP contribution in [-0.4, -0.2) is 45.1 Å². The maximum absolute atomic E-state index is 12.6. The minimum absolute atomic E-state index is 0.141. The molecule has 0 unspecified atom stereocenters. The molecule has 3 heterocycles. The van der Waals surface area contributed by atoms with Crippen molar-refractivity contribution < 1.29 is 14.7 Å². The zero-order chi connectivity index (χ0) is 21.6. The van der Waals surface area contributed by atoms with E-state index in [9.17, 15) is 9.59 Å². The molecule has 2 aromatic heterocycles. The zero-order valence-corrected chi connectivity index (χ0v) is 16.9. The van der Waals surface area contributed by atoms with Gasteiger partial charge in [-0.3, -0.25) is 9.97 Å². The largest absolute Gasteiger partial charge is 0.478 e. The van der Waals surface area contributed by atoms with E-state index in [0.29, 0.717) is 24.5 Å². The number of carboxylic acids is 1. The van der Waals surface area contributed by atoms with E-state index in [1.165, 1.54) is 5.57 Å². The third-order valence-electron chi connectivity index (χ3n) is 5.18. The van der Waals surface area contributed by atoms with Crippen molar-refractivity contribution in [2.75, 3.05) is 18.4 Å². The van der Waals surface area contributed by atoms with Gasteiger partial charge in [-0.05, 0) is 55.3 Å². The standard InChI is InChI=1S/C24H22N4O3/c29-23(30)19-6-4-18(5-7-19)22-9-8-21(16-26-22)27-24(31)28-13-10-17(11-14-28)15-20-3-1-2-12-25-20/h1-9,12,15-16H,10-11,13-14H2,(H,27,31)(H,29,30). The van der Waals surface area contributed by atoms with Crippen LogP contribution in [0.4, 0.5) is 10.5 Å². The highest BCUT2D eigenvalue weighted by atomic mass is 16.4. The summed E-state index contributed by atoms with van der Waals surface area (Å²) < 4.78 is 0. The monoisotopic (exact) mass is 414 g/mol. The zero-order valence-electron chi connectivity index (χ0n) is 16.9. The van der Waals surface area contributed by atoms with Crippen molar-refractivity contribution in [1.82, 2.24) is 14.9 Å². The summed E-state index contributed by atoms with van der Waals surface area (Å²) in [5, 5.41) is 11.9. The van der Waals surface area contributed by atoms with E-state index in [0.717, 1.165) is 24.1 Å². The first-order valence-electron chi connectivity index (χ1n) is 10.0. The summed E-state index contributed by atoms with van der Waals surface area (Å²) in [5.74, 6) is -0.963. The van der Waals surface area contributed by atoms with Crippen LogP contribution in [0.15, 0.2) is 72.6 Å². The van der Waals surface area contributed by atoms with Crippen LogP contribution >= 0.6 is 0 Å². The summed E-state index contributed by atoms with van der Waals surface area (Å²) in [6, 6.07) is 15.8. The number of amides is 2. The summed E-state index contributed by atoms with van der Waals surface area (Å²) in [6.07, 6.45) is 7.13. The van der Waals surface area contributed by atoms with Gasteiger partial charge in [-0.25, -0.2) is 9.59 Å². The smallest absolute Gasteiger partial charge is 0.335 e. The van der Waals surface area contributed by atoms with Crippen molar-refractivity contribution in [2.24, 2.45) is 0 Å². The number of urea groups is 1. The number of piperidine rings is 1. The summed E-state index contributed by atoms with van der Waals surface area (Å²) in [7, 11) is 0. The Morgan fingerprint density at radius 2 is 1.74 bits per heavy atom. The fraction of sp³-hybridized carbons (Fsp3) is 0.167. The molecule has 2 N–H and O–H groups in total. The number of aromatic nitrogens is 2. The molecule has 2 amide bonds. The minimum Gasteiger partial charge on any atom is -0.478 e. The molecular weight excluding hydrogens is 392 g/mol. The molecule has 156 valence electrons. The molecule has 0 spiro atoms. The first kappa shape index (κ1) is 20.3. The SMILES string of the molecule is O=C(O)c1ccc(-c2ccc(NC(=O)N3CCC(=Cc4ccccn4)CC3)cn2)cc1. The van der Waals surface area contributed by atoms with Gasteiger partial charge in [-0.1, -0.05) is 23.8 Å². The van der Waals surface area contributed by atoms with E-state index in [2.05, 4.69) is 21.4 Å². The van der Waals surface area contributed by atoms with Gasteiger partial charge >= 0.3 is 12.0 Å². The van der Waals surface area contributed by atoms with Gasteiger partial charge in [0.05, 0.1) is 28.8 Å². The molecule has 1 fully saturated rings. The fourth-order valence-electron chi connectivity index (χ4n) is 3.44. The highest BCUT2D eigenvalue weighted by Crippen LogP contribution is 2.21. The predicted molar refractivity (Wildman–Crippen MR) is 119 cm³/mol. The van der Waals surface area contributed by atoms with Crippen LogP contribution in [0.5, 0.6) is 0 Å². The number of likely N-dealkylation sites (tertiary alicyclic amines) is 1. The van der Waals surface area contributed by atoms with E-state index >= 15 is 0 Å². The molecule has 7 nitrogen and oxygen atoms in total. The van der Waals surface area contributed by atoms with Gasteiger partial charge in [0.1, 0.15) is 0 Å². The highest BCUT2D eigenvalue weighted by molar-refractivity contribution is 5.90. The molecular formula is C24H22N4O3. The molecule has 1 aliphatic rings. The Kier molecular flexibility index (Phi) is 6.03. The number of hydrogen-bond acceptors (Lipinski definition) is 4. The third kappa shape index (κ3) is 5.14. The summed E-state index contributed by atoms with van der Waals surface area (Å²) in [6.45, 7) is 1.32. The first-order valence-corrected chi connectivity index (χ1v) is 10.0. The van der Waals surface area contributed by atoms with E-state index in [-0.39, 0.29) is 11.6 Å². The Morgan fingerprint density at radius 1 is 0.968 bits per heavy atom. The predicted octanol–water partition coefficient (Wildman–Crippen LogP) is 4.55. The second-order valence-electron chi connectivity index (χ2n) is 7.29. The Hall–Kier alpha value is -4.00. The van der Waals surface area contributed by atoms with E-state index in [1.54, 1.807) is 53.7 Å². The normalized spacial score (nSPS) is 13.5. The van der Waals surface area contributed by atoms with Crippen molar-refractivity contribution in [2.45, 2.75) is 12.8 Å². The lowest BCUT2D eigenvalue weighted by atomic mass is 10.0. The number of carbonyl (C=O) groups is 2. The van der Waals surface area contributed by atoms with Gasteiger partial charge in [0, 0.05) is 24.8 Å². The molecule has 0 bridgehead atoms. The van der Waals surface area contributed by atoms with Gasteiger partial charge in [0.25, 0.3) is 0 Å². The average molecular weight is 414 g/mol. The maximum atomic E-state index is 12.6. The molecule has 0 atom stereocenters. The van der Waals surface area contributed by atoms with Gasteiger partial charge in [-0.2, -0.15) is 0 Å². The number of aromatic carboxylic acids is 1. The van der Waals surface area contributed by atoms with Crippen LogP contribution < -0.4 is 5.32 Å². The summed E-state index contributed by atoms with van der Waals surface area (Å²) >= 11 is 0. The van der Waals surface area contributed by atoms with Crippen molar-refractivity contribution in [3.8, 4) is 11.3 Å². The average Bonchev–Trinajstić information content (AvgIpc) is 2.81. The Morgan fingerprint density at radius 3 is 2.35 bits per heavy atom. The second kappa shape index (κ2) is 9.21. The van der Waals surface area contributed by atoms with Gasteiger partial charge in [0.2, 0.25) is 0 Å². The van der Waals surface area contributed by atoms with E-state index in [4.69, 9.17) is 5.11 Å². The lowest BCUT2D eigenvalue weighted by molar-refractivity contribution is 0.0697. The van der Waals surface area contributed by atoms with Crippen LogP contribution in [0.2, 0.25) is 0 Å². The number of hydrogen-bond donors (Lipinski definition) is 2. The van der Waals surface area contributed by atoms with Gasteiger partial charge in [0.15, 0.2) is 0 Å².